The summed E-state index contributed by atoms with van der Waals surface area (Å²) < 4.78 is 29.3. The van der Waals surface area contributed by atoms with E-state index in [1.807, 2.05) is 6.07 Å². The highest BCUT2D eigenvalue weighted by atomic mass is 19.1. The molecule has 1 aromatic carbocycles. The normalized spacial score (nSPS) is 14.9. The average molecular weight is 263 g/mol. The molecule has 0 radical (unpaired) electrons. The lowest BCUT2D eigenvalue weighted by Crippen LogP contribution is -2.09. The number of hydrogen-bond acceptors (Lipinski definition) is 2. The first-order valence-corrected chi connectivity index (χ1v) is 6.37. The predicted molar refractivity (Wildman–Crippen MR) is 68.2 cm³/mol. The summed E-state index contributed by atoms with van der Waals surface area (Å²) in [5.41, 5.74) is 1.39. The molecule has 3 nitrogen and oxygen atoms in total. The van der Waals surface area contributed by atoms with Crippen molar-refractivity contribution in [3.05, 3.63) is 47.3 Å². The lowest BCUT2D eigenvalue weighted by molar-refractivity contribution is 0.554. The first-order chi connectivity index (χ1) is 9.19. The third-order valence-corrected chi connectivity index (χ3v) is 3.29. The predicted octanol–water partition coefficient (Wildman–Crippen LogP) is 2.75. The number of nitrogens with zero attached hydrogens (tertiary/aromatic N) is 2. The Morgan fingerprint density at radius 2 is 2.00 bits per heavy atom. The standard InChI is InChI=1S/C14H15F2N3/c1-17-8-9-6-11(15)14(12(16)7-9)19-5-4-13(18-19)10-2-3-10/h4-7,10,17H,2-3,8H2,1H3. The van der Waals surface area contributed by atoms with Crippen LogP contribution in [0.3, 0.4) is 0 Å². The molecule has 0 aliphatic heterocycles. The van der Waals surface area contributed by atoms with Crippen molar-refractivity contribution in [1.29, 1.82) is 0 Å². The highest BCUT2D eigenvalue weighted by Crippen LogP contribution is 2.39. The summed E-state index contributed by atoms with van der Waals surface area (Å²) in [5, 5.41) is 7.13. The highest BCUT2D eigenvalue weighted by molar-refractivity contribution is 5.38. The minimum atomic E-state index is -0.587. The summed E-state index contributed by atoms with van der Waals surface area (Å²) >= 11 is 0. The summed E-state index contributed by atoms with van der Waals surface area (Å²) in [6.45, 7) is 0.431. The Morgan fingerprint density at radius 3 is 2.58 bits per heavy atom. The fraction of sp³-hybridized carbons (Fsp3) is 0.357. The summed E-state index contributed by atoms with van der Waals surface area (Å²) in [7, 11) is 1.74. The van der Waals surface area contributed by atoms with Crippen LogP contribution in [0.4, 0.5) is 8.78 Å². The molecule has 3 rings (SSSR count). The smallest absolute Gasteiger partial charge is 0.152 e. The molecule has 5 heteroatoms. The molecule has 1 aliphatic carbocycles. The maximum absolute atomic E-state index is 14.0. The molecule has 0 bridgehead atoms. The maximum Gasteiger partial charge on any atom is 0.152 e. The number of rotatable bonds is 4. The Morgan fingerprint density at radius 1 is 1.32 bits per heavy atom. The van der Waals surface area contributed by atoms with Crippen LogP contribution in [-0.2, 0) is 6.54 Å². The average Bonchev–Trinajstić information content (AvgIpc) is 3.09. The first-order valence-electron chi connectivity index (χ1n) is 6.37. The zero-order valence-electron chi connectivity index (χ0n) is 10.7. The van der Waals surface area contributed by atoms with E-state index in [4.69, 9.17) is 0 Å². The lowest BCUT2D eigenvalue weighted by Gasteiger charge is -2.08. The largest absolute Gasteiger partial charge is 0.316 e. The first kappa shape index (κ1) is 12.3. The van der Waals surface area contributed by atoms with Gasteiger partial charge in [0.05, 0.1) is 5.69 Å². The van der Waals surface area contributed by atoms with Crippen LogP contribution >= 0.6 is 0 Å². The van der Waals surface area contributed by atoms with Crippen molar-refractivity contribution < 1.29 is 8.78 Å². The summed E-state index contributed by atoms with van der Waals surface area (Å²) in [6.07, 6.45) is 3.85. The van der Waals surface area contributed by atoms with Crippen LogP contribution < -0.4 is 5.32 Å². The third-order valence-electron chi connectivity index (χ3n) is 3.29. The second-order valence-electron chi connectivity index (χ2n) is 4.90. The highest BCUT2D eigenvalue weighted by Gasteiger charge is 2.26. The molecular weight excluding hydrogens is 248 g/mol. The molecule has 1 fully saturated rings. The minimum absolute atomic E-state index is 0.105. The van der Waals surface area contributed by atoms with Gasteiger partial charge >= 0.3 is 0 Å². The van der Waals surface area contributed by atoms with Gasteiger partial charge in [-0.05, 0) is 43.7 Å². The van der Waals surface area contributed by atoms with Crippen LogP contribution in [0.5, 0.6) is 0 Å². The van der Waals surface area contributed by atoms with Gasteiger partial charge in [-0.25, -0.2) is 13.5 Å². The molecule has 0 amide bonds. The van der Waals surface area contributed by atoms with Crippen molar-refractivity contribution >= 4 is 0 Å². The van der Waals surface area contributed by atoms with E-state index in [0.717, 1.165) is 18.5 Å². The molecule has 1 N–H and O–H groups in total. The van der Waals surface area contributed by atoms with E-state index in [0.29, 0.717) is 18.0 Å². The SMILES string of the molecule is CNCc1cc(F)c(-n2ccc(C3CC3)n2)c(F)c1. The Hall–Kier alpha value is -1.75. The van der Waals surface area contributed by atoms with Crippen LogP contribution in [0.15, 0.2) is 24.4 Å². The fourth-order valence-corrected chi connectivity index (χ4v) is 2.20. The molecule has 100 valence electrons. The summed E-state index contributed by atoms with van der Waals surface area (Å²) in [6, 6.07) is 4.51. The Kier molecular flexibility index (Phi) is 3.06. The molecule has 0 spiro atoms. The van der Waals surface area contributed by atoms with Crippen molar-refractivity contribution in [1.82, 2.24) is 15.1 Å². The van der Waals surface area contributed by atoms with Crippen LogP contribution in [0.2, 0.25) is 0 Å². The van der Waals surface area contributed by atoms with Crippen LogP contribution in [0, 0.1) is 11.6 Å². The Labute approximate surface area is 110 Å². The number of halogens is 2. The van der Waals surface area contributed by atoms with Crippen LogP contribution in [-0.4, -0.2) is 16.8 Å². The van der Waals surface area contributed by atoms with E-state index in [1.165, 1.54) is 16.8 Å². The molecule has 0 atom stereocenters. The Balaban J connectivity index is 1.98. The van der Waals surface area contributed by atoms with Gasteiger partial charge in [-0.15, -0.1) is 0 Å². The molecule has 19 heavy (non-hydrogen) atoms. The monoisotopic (exact) mass is 263 g/mol. The minimum Gasteiger partial charge on any atom is -0.316 e. The van der Waals surface area contributed by atoms with Gasteiger partial charge in [0.15, 0.2) is 11.6 Å². The maximum atomic E-state index is 14.0. The molecule has 1 aliphatic rings. The van der Waals surface area contributed by atoms with E-state index in [1.54, 1.807) is 13.2 Å². The second kappa shape index (κ2) is 4.74. The quantitative estimate of drug-likeness (QED) is 0.919. The molecule has 1 saturated carbocycles. The van der Waals surface area contributed by atoms with Gasteiger partial charge in [-0.1, -0.05) is 0 Å². The van der Waals surface area contributed by atoms with E-state index in [-0.39, 0.29) is 5.69 Å². The number of aromatic nitrogens is 2. The van der Waals surface area contributed by atoms with Crippen molar-refractivity contribution in [3.8, 4) is 5.69 Å². The van der Waals surface area contributed by atoms with Crippen LogP contribution in [0.25, 0.3) is 5.69 Å². The van der Waals surface area contributed by atoms with Gasteiger partial charge in [-0.2, -0.15) is 5.10 Å². The van der Waals surface area contributed by atoms with Gasteiger partial charge in [0.2, 0.25) is 0 Å². The molecule has 0 unspecified atom stereocenters. The van der Waals surface area contributed by atoms with E-state index < -0.39 is 11.6 Å². The third kappa shape index (κ3) is 2.38. The van der Waals surface area contributed by atoms with Crippen molar-refractivity contribution in [3.63, 3.8) is 0 Å². The molecule has 2 aromatic rings. The number of benzene rings is 1. The van der Waals surface area contributed by atoms with Crippen molar-refractivity contribution in [2.45, 2.75) is 25.3 Å². The summed E-state index contributed by atoms with van der Waals surface area (Å²) in [4.78, 5) is 0. The lowest BCUT2D eigenvalue weighted by atomic mass is 10.2. The number of nitrogens with one attached hydrogen (secondary N) is 1. The zero-order chi connectivity index (χ0) is 13.4. The second-order valence-corrected chi connectivity index (χ2v) is 4.90. The van der Waals surface area contributed by atoms with Crippen molar-refractivity contribution in [2.75, 3.05) is 7.05 Å². The van der Waals surface area contributed by atoms with Crippen LogP contribution in [0.1, 0.15) is 30.0 Å². The van der Waals surface area contributed by atoms with Gasteiger partial charge in [0, 0.05) is 18.7 Å². The zero-order valence-corrected chi connectivity index (χ0v) is 10.7. The van der Waals surface area contributed by atoms with Gasteiger partial charge < -0.3 is 5.32 Å². The van der Waals surface area contributed by atoms with Gasteiger partial charge in [0.1, 0.15) is 5.69 Å². The van der Waals surface area contributed by atoms with E-state index in [9.17, 15) is 8.78 Å². The molecular formula is C14H15F2N3. The van der Waals surface area contributed by atoms with E-state index in [2.05, 4.69) is 10.4 Å². The molecule has 0 saturated heterocycles. The van der Waals surface area contributed by atoms with Gasteiger partial charge in [0.25, 0.3) is 0 Å². The topological polar surface area (TPSA) is 29.9 Å². The number of hydrogen-bond donors (Lipinski definition) is 1. The Bertz CT molecular complexity index is 579. The summed E-state index contributed by atoms with van der Waals surface area (Å²) in [5.74, 6) is -0.706. The molecule has 1 heterocycles. The van der Waals surface area contributed by atoms with E-state index >= 15 is 0 Å². The molecule has 1 aromatic heterocycles. The fourth-order valence-electron chi connectivity index (χ4n) is 2.20. The van der Waals surface area contributed by atoms with Crippen molar-refractivity contribution in [2.24, 2.45) is 0 Å². The van der Waals surface area contributed by atoms with Gasteiger partial charge in [-0.3, -0.25) is 0 Å².